The summed E-state index contributed by atoms with van der Waals surface area (Å²) in [7, 11) is -2.02. The lowest BCUT2D eigenvalue weighted by atomic mass is 9.95. The Morgan fingerprint density at radius 2 is 1.14 bits per heavy atom. The van der Waals surface area contributed by atoms with Gasteiger partial charge in [-0.05, 0) is 85.4 Å². The summed E-state index contributed by atoms with van der Waals surface area (Å²) in [5.74, 6) is 0. The van der Waals surface area contributed by atoms with E-state index in [1.807, 2.05) is 11.3 Å². The minimum Gasteiger partial charge on any atom is -0.310 e. The van der Waals surface area contributed by atoms with Crippen molar-refractivity contribution in [1.82, 2.24) is 0 Å². The highest BCUT2D eigenvalue weighted by atomic mass is 32.1. The molecule has 1 aromatic heterocycles. The lowest BCUT2D eigenvalue weighted by molar-refractivity contribution is 1.29. The number of thiophene rings is 1. The molecule has 3 heteroatoms. The molecule has 0 N–H and O–H groups in total. The molecule has 1 aliphatic heterocycles. The summed E-state index contributed by atoms with van der Waals surface area (Å²) in [6, 6.07) is 65.1. The molecule has 242 valence electrons. The molecule has 2 heterocycles. The van der Waals surface area contributed by atoms with Crippen LogP contribution in [0.4, 0.5) is 17.1 Å². The van der Waals surface area contributed by atoms with Crippen molar-refractivity contribution >= 4 is 77.8 Å². The number of hydrogen-bond donors (Lipinski definition) is 0. The van der Waals surface area contributed by atoms with E-state index >= 15 is 0 Å². The van der Waals surface area contributed by atoms with Crippen LogP contribution in [0.25, 0.3) is 64.3 Å². The molecule has 9 aromatic rings. The van der Waals surface area contributed by atoms with Crippen LogP contribution in [0.2, 0.25) is 13.1 Å². The second-order valence-corrected chi connectivity index (χ2v) is 19.5. The second kappa shape index (κ2) is 11.7. The molecule has 0 saturated carbocycles. The predicted molar refractivity (Wildman–Crippen MR) is 225 cm³/mol. The Bertz CT molecular complexity index is 2790. The first-order valence-electron chi connectivity index (χ1n) is 17.7. The summed E-state index contributed by atoms with van der Waals surface area (Å²) in [6.45, 7) is 5.07. The largest absolute Gasteiger partial charge is 0.310 e. The zero-order valence-electron chi connectivity index (χ0n) is 28.6. The SMILES string of the molecule is C[Si]1(C)c2cc(N(c3cccc(-c4ccccc4)c3)c3ccccc3-c3cccc4ccccc34)ccc2-c2c1ccc1c2sc2ccccc21. The third-order valence-electron chi connectivity index (χ3n) is 10.9. The van der Waals surface area contributed by atoms with Crippen molar-refractivity contribution in [1.29, 1.82) is 0 Å². The van der Waals surface area contributed by atoms with Crippen molar-refractivity contribution in [2.75, 3.05) is 4.90 Å². The van der Waals surface area contributed by atoms with E-state index in [2.05, 4.69) is 194 Å². The van der Waals surface area contributed by atoms with Gasteiger partial charge in [-0.1, -0.05) is 153 Å². The third kappa shape index (κ3) is 4.73. The van der Waals surface area contributed by atoms with Crippen LogP contribution >= 0.6 is 11.3 Å². The molecular weight excluding hydrogens is 651 g/mol. The number of anilines is 3. The number of para-hydroxylation sites is 1. The highest BCUT2D eigenvalue weighted by molar-refractivity contribution is 7.26. The first-order valence-corrected chi connectivity index (χ1v) is 21.5. The molecule has 10 rings (SSSR count). The zero-order chi connectivity index (χ0) is 34.1. The van der Waals surface area contributed by atoms with Gasteiger partial charge >= 0.3 is 0 Å². The minimum absolute atomic E-state index is 1.14. The fourth-order valence-corrected chi connectivity index (χ4v) is 12.8. The first kappa shape index (κ1) is 30.1. The van der Waals surface area contributed by atoms with Crippen LogP contribution in [0, 0.1) is 0 Å². The molecule has 0 aliphatic carbocycles. The van der Waals surface area contributed by atoms with Gasteiger partial charge in [-0.3, -0.25) is 0 Å². The lowest BCUT2D eigenvalue weighted by Crippen LogP contribution is -2.49. The van der Waals surface area contributed by atoms with Crippen molar-refractivity contribution in [3.8, 4) is 33.4 Å². The van der Waals surface area contributed by atoms with E-state index in [0.29, 0.717) is 0 Å². The van der Waals surface area contributed by atoms with E-state index in [9.17, 15) is 0 Å². The highest BCUT2D eigenvalue weighted by Crippen LogP contribution is 2.46. The average Bonchev–Trinajstić information content (AvgIpc) is 3.67. The third-order valence-corrected chi connectivity index (χ3v) is 15.6. The molecule has 8 aromatic carbocycles. The maximum atomic E-state index is 2.53. The van der Waals surface area contributed by atoms with Gasteiger partial charge < -0.3 is 4.90 Å². The molecule has 0 fully saturated rings. The Labute approximate surface area is 303 Å². The molecular formula is C48H35NSSi. The van der Waals surface area contributed by atoms with E-state index < -0.39 is 8.07 Å². The van der Waals surface area contributed by atoms with Crippen molar-refractivity contribution in [3.05, 3.63) is 176 Å². The first-order chi connectivity index (χ1) is 25.1. The highest BCUT2D eigenvalue weighted by Gasteiger charge is 2.39. The van der Waals surface area contributed by atoms with E-state index in [4.69, 9.17) is 0 Å². The average molecular weight is 686 g/mol. The van der Waals surface area contributed by atoms with Gasteiger partial charge in [0.2, 0.25) is 0 Å². The number of hydrogen-bond acceptors (Lipinski definition) is 2. The van der Waals surface area contributed by atoms with Gasteiger partial charge in [-0.15, -0.1) is 11.3 Å². The number of fused-ring (bicyclic) bond motifs is 8. The van der Waals surface area contributed by atoms with Crippen molar-refractivity contribution in [3.63, 3.8) is 0 Å². The van der Waals surface area contributed by atoms with Gasteiger partial charge in [0.05, 0.1) is 5.69 Å². The standard InChI is InChI=1S/C48H35NSSi/c1-51(2)45-29-28-41-40-22-9-11-25-44(40)50-48(41)47(45)42-27-26-36(31-46(42)51)49(35-19-12-18-34(30-35)32-14-4-3-5-15-32)43-24-10-8-21-39(43)38-23-13-17-33-16-6-7-20-37(33)38/h3-31H,1-2H3. The smallest absolute Gasteiger partial charge is 0.114 e. The fourth-order valence-electron chi connectivity index (χ4n) is 8.37. The Balaban J connectivity index is 1.21. The zero-order valence-corrected chi connectivity index (χ0v) is 30.4. The van der Waals surface area contributed by atoms with E-state index in [1.54, 1.807) is 5.19 Å². The van der Waals surface area contributed by atoms with E-state index in [1.165, 1.54) is 80.9 Å². The lowest BCUT2D eigenvalue weighted by Gasteiger charge is -2.30. The van der Waals surface area contributed by atoms with E-state index in [-0.39, 0.29) is 0 Å². The Kier molecular flexibility index (Phi) is 6.89. The van der Waals surface area contributed by atoms with Gasteiger partial charge in [0.15, 0.2) is 0 Å². The van der Waals surface area contributed by atoms with Crippen LogP contribution in [0.5, 0.6) is 0 Å². The van der Waals surface area contributed by atoms with Crippen LogP contribution in [0.1, 0.15) is 0 Å². The monoisotopic (exact) mass is 685 g/mol. The number of rotatable bonds is 5. The van der Waals surface area contributed by atoms with Crippen molar-refractivity contribution in [2.24, 2.45) is 0 Å². The van der Waals surface area contributed by atoms with Crippen LogP contribution in [0.3, 0.4) is 0 Å². The molecule has 0 saturated heterocycles. The maximum absolute atomic E-state index is 2.53. The summed E-state index contributed by atoms with van der Waals surface area (Å²) in [6.07, 6.45) is 0. The molecule has 0 amide bonds. The summed E-state index contributed by atoms with van der Waals surface area (Å²) < 4.78 is 2.79. The topological polar surface area (TPSA) is 3.24 Å². The van der Waals surface area contributed by atoms with Gasteiger partial charge in [0.1, 0.15) is 8.07 Å². The van der Waals surface area contributed by atoms with Crippen molar-refractivity contribution in [2.45, 2.75) is 13.1 Å². The minimum atomic E-state index is -2.02. The van der Waals surface area contributed by atoms with Gasteiger partial charge in [0.25, 0.3) is 0 Å². The Morgan fingerprint density at radius 3 is 2.04 bits per heavy atom. The van der Waals surface area contributed by atoms with Crippen LogP contribution in [-0.2, 0) is 0 Å². The Hall–Kier alpha value is -5.74. The summed E-state index contributed by atoms with van der Waals surface area (Å²) in [5.41, 5.74) is 11.2. The summed E-state index contributed by atoms with van der Waals surface area (Å²) in [4.78, 5) is 2.49. The quantitative estimate of drug-likeness (QED) is 0.163. The summed E-state index contributed by atoms with van der Waals surface area (Å²) in [5, 5.41) is 8.29. The molecule has 0 bridgehead atoms. The van der Waals surface area contributed by atoms with Crippen molar-refractivity contribution < 1.29 is 0 Å². The van der Waals surface area contributed by atoms with Gasteiger partial charge in [-0.25, -0.2) is 0 Å². The molecule has 0 atom stereocenters. The van der Waals surface area contributed by atoms with Crippen LogP contribution in [-0.4, -0.2) is 8.07 Å². The Morgan fingerprint density at radius 1 is 0.451 bits per heavy atom. The van der Waals surface area contributed by atoms with Gasteiger partial charge in [0, 0.05) is 37.1 Å². The van der Waals surface area contributed by atoms with Crippen LogP contribution < -0.4 is 15.3 Å². The number of benzene rings is 8. The molecule has 1 aliphatic rings. The molecule has 51 heavy (non-hydrogen) atoms. The molecule has 0 radical (unpaired) electrons. The summed E-state index contributed by atoms with van der Waals surface area (Å²) >= 11 is 1.95. The second-order valence-electron chi connectivity index (χ2n) is 14.1. The predicted octanol–water partition coefficient (Wildman–Crippen LogP) is 12.8. The maximum Gasteiger partial charge on any atom is 0.114 e. The normalized spacial score (nSPS) is 13.1. The van der Waals surface area contributed by atoms with Gasteiger partial charge in [-0.2, -0.15) is 0 Å². The van der Waals surface area contributed by atoms with E-state index in [0.717, 1.165) is 5.69 Å². The number of nitrogens with zero attached hydrogens (tertiary/aromatic N) is 1. The fraction of sp³-hybridized carbons (Fsp3) is 0.0417. The van der Waals surface area contributed by atoms with Crippen LogP contribution in [0.15, 0.2) is 176 Å². The molecule has 0 unspecified atom stereocenters. The molecule has 1 nitrogen and oxygen atoms in total. The molecule has 0 spiro atoms.